The molecule has 184 valence electrons. The molecule has 2 bridgehead atoms. The van der Waals surface area contributed by atoms with Crippen LogP contribution >= 0.6 is 0 Å². The van der Waals surface area contributed by atoms with E-state index in [2.05, 4.69) is 22.4 Å². The standard InChI is InChI=1S/C23H37N5O5/c1-5-6-11-31-28-17-8-9-18(27(14-17)22(28)30)20-26-25-19(32-20)10-7-15-12-16(13-15)24-21(29)33-23(2,3)4/h15-18H,5-14H2,1-4H3,(H,24,29)/t15?,16?,17-,18-/m0/s1. The SMILES string of the molecule is CCCCON1C(=O)N2C[C@@H]1CC[C@H]2c1nnc(CCC2CC(NC(=O)OC(C)(C)C)C2)o1. The molecule has 2 saturated heterocycles. The van der Waals surface area contributed by atoms with E-state index in [0.717, 1.165) is 44.9 Å². The van der Waals surface area contributed by atoms with Crippen molar-refractivity contribution in [2.24, 2.45) is 5.92 Å². The molecular formula is C23H37N5O5. The molecule has 10 heteroatoms. The molecule has 0 radical (unpaired) electrons. The zero-order valence-electron chi connectivity index (χ0n) is 20.2. The van der Waals surface area contributed by atoms with Gasteiger partial charge in [0.25, 0.3) is 0 Å². The quantitative estimate of drug-likeness (QED) is 0.552. The number of urea groups is 1. The zero-order valence-corrected chi connectivity index (χ0v) is 20.2. The Morgan fingerprint density at radius 2 is 2.03 bits per heavy atom. The summed E-state index contributed by atoms with van der Waals surface area (Å²) in [5.41, 5.74) is -0.484. The Kier molecular flexibility index (Phi) is 7.11. The average molecular weight is 464 g/mol. The first-order valence-electron chi connectivity index (χ1n) is 12.3. The number of hydroxylamine groups is 2. The topological polar surface area (TPSA) is 110 Å². The number of hydrogen-bond donors (Lipinski definition) is 1. The van der Waals surface area contributed by atoms with Crippen molar-refractivity contribution in [3.63, 3.8) is 0 Å². The van der Waals surface area contributed by atoms with Crippen molar-refractivity contribution in [1.29, 1.82) is 0 Å². The number of nitrogens with one attached hydrogen (secondary N) is 1. The fraction of sp³-hybridized carbons (Fsp3) is 0.826. The Morgan fingerprint density at radius 1 is 1.24 bits per heavy atom. The molecule has 1 saturated carbocycles. The van der Waals surface area contributed by atoms with Crippen LogP contribution in [-0.4, -0.2) is 63.1 Å². The van der Waals surface area contributed by atoms with Gasteiger partial charge in [-0.15, -0.1) is 10.2 Å². The molecule has 1 aromatic heterocycles. The van der Waals surface area contributed by atoms with Crippen molar-refractivity contribution >= 4 is 12.1 Å². The highest BCUT2D eigenvalue weighted by molar-refractivity contribution is 5.77. The predicted molar refractivity (Wildman–Crippen MR) is 119 cm³/mol. The van der Waals surface area contributed by atoms with Crippen molar-refractivity contribution in [2.75, 3.05) is 13.2 Å². The summed E-state index contributed by atoms with van der Waals surface area (Å²) in [6.45, 7) is 8.88. The van der Waals surface area contributed by atoms with Gasteiger partial charge in [-0.3, -0.25) is 4.84 Å². The van der Waals surface area contributed by atoms with Crippen LogP contribution in [0.15, 0.2) is 4.42 Å². The lowest BCUT2D eigenvalue weighted by Gasteiger charge is -2.36. The van der Waals surface area contributed by atoms with Crippen molar-refractivity contribution < 1.29 is 23.6 Å². The second kappa shape index (κ2) is 9.87. The molecule has 3 heterocycles. The van der Waals surface area contributed by atoms with Gasteiger partial charge in [-0.1, -0.05) is 13.3 Å². The average Bonchev–Trinajstić information content (AvgIpc) is 3.27. The number of amides is 3. The van der Waals surface area contributed by atoms with Crippen LogP contribution in [0.4, 0.5) is 9.59 Å². The maximum absolute atomic E-state index is 12.8. The summed E-state index contributed by atoms with van der Waals surface area (Å²) in [6.07, 6.45) is 6.78. The van der Waals surface area contributed by atoms with Crippen LogP contribution in [0.1, 0.15) is 90.5 Å². The maximum Gasteiger partial charge on any atom is 0.407 e. The van der Waals surface area contributed by atoms with E-state index in [1.165, 1.54) is 0 Å². The van der Waals surface area contributed by atoms with Crippen LogP contribution in [0.25, 0.3) is 0 Å². The van der Waals surface area contributed by atoms with Crippen molar-refractivity contribution in [1.82, 2.24) is 25.5 Å². The van der Waals surface area contributed by atoms with Gasteiger partial charge in [0.2, 0.25) is 11.8 Å². The van der Waals surface area contributed by atoms with E-state index in [9.17, 15) is 9.59 Å². The zero-order chi connectivity index (χ0) is 23.6. The number of rotatable bonds is 9. The van der Waals surface area contributed by atoms with Gasteiger partial charge in [0.1, 0.15) is 11.6 Å². The summed E-state index contributed by atoms with van der Waals surface area (Å²) in [6, 6.07) is -0.00645. The molecule has 10 nitrogen and oxygen atoms in total. The van der Waals surface area contributed by atoms with Gasteiger partial charge in [0.15, 0.2) is 0 Å². The lowest BCUT2D eigenvalue weighted by atomic mass is 9.77. The maximum atomic E-state index is 12.8. The van der Waals surface area contributed by atoms with Crippen LogP contribution in [-0.2, 0) is 16.0 Å². The third kappa shape index (κ3) is 5.77. The molecule has 1 aromatic rings. The minimum atomic E-state index is -0.484. The number of aryl methyl sites for hydroxylation is 1. The molecule has 0 aromatic carbocycles. The summed E-state index contributed by atoms with van der Waals surface area (Å²) in [5, 5.41) is 13.0. The Hall–Kier alpha value is -2.36. The summed E-state index contributed by atoms with van der Waals surface area (Å²) < 4.78 is 11.3. The van der Waals surface area contributed by atoms with Crippen LogP contribution in [0, 0.1) is 5.92 Å². The number of alkyl carbamates (subject to hydrolysis) is 1. The summed E-state index contributed by atoms with van der Waals surface area (Å²) in [7, 11) is 0. The smallest absolute Gasteiger partial charge is 0.407 e. The van der Waals surface area contributed by atoms with E-state index in [1.807, 2.05) is 20.8 Å². The van der Waals surface area contributed by atoms with Crippen LogP contribution in [0.5, 0.6) is 0 Å². The molecule has 3 amide bonds. The number of carbonyl (C=O) groups is 2. The first kappa shape index (κ1) is 23.8. The monoisotopic (exact) mass is 463 g/mol. The minimum Gasteiger partial charge on any atom is -0.444 e. The summed E-state index contributed by atoms with van der Waals surface area (Å²) in [5.74, 6) is 1.65. The molecule has 1 N–H and O–H groups in total. The van der Waals surface area contributed by atoms with Crippen LogP contribution in [0.2, 0.25) is 0 Å². The lowest BCUT2D eigenvalue weighted by Crippen LogP contribution is -2.46. The molecule has 4 rings (SSSR count). The van der Waals surface area contributed by atoms with Gasteiger partial charge in [0.05, 0.1) is 12.6 Å². The first-order valence-corrected chi connectivity index (χ1v) is 12.3. The first-order chi connectivity index (χ1) is 15.7. The van der Waals surface area contributed by atoms with E-state index >= 15 is 0 Å². The Bertz CT molecular complexity index is 831. The Labute approximate surface area is 195 Å². The highest BCUT2D eigenvalue weighted by Crippen LogP contribution is 2.38. The molecule has 3 fully saturated rings. The van der Waals surface area contributed by atoms with Crippen LogP contribution in [0.3, 0.4) is 0 Å². The number of fused-ring (bicyclic) bond motifs is 2. The second-order valence-corrected chi connectivity index (χ2v) is 10.4. The number of piperidine rings is 1. The molecular weight excluding hydrogens is 426 g/mol. The number of unbranched alkanes of at least 4 members (excludes halogenated alkanes) is 1. The molecule has 3 aliphatic rings. The molecule has 2 atom stereocenters. The van der Waals surface area contributed by atoms with Gasteiger partial charge in [-0.25, -0.2) is 9.59 Å². The largest absolute Gasteiger partial charge is 0.444 e. The van der Waals surface area contributed by atoms with E-state index in [1.54, 1.807) is 9.96 Å². The van der Waals surface area contributed by atoms with Gasteiger partial charge >= 0.3 is 12.1 Å². The lowest BCUT2D eigenvalue weighted by molar-refractivity contribution is -0.130. The summed E-state index contributed by atoms with van der Waals surface area (Å²) >= 11 is 0. The third-order valence-corrected chi connectivity index (χ3v) is 6.54. The van der Waals surface area contributed by atoms with E-state index in [4.69, 9.17) is 14.0 Å². The number of aromatic nitrogens is 2. The predicted octanol–water partition coefficient (Wildman–Crippen LogP) is 3.98. The van der Waals surface area contributed by atoms with Crippen molar-refractivity contribution in [2.45, 2.75) is 103 Å². The highest BCUT2D eigenvalue weighted by Gasteiger charge is 2.47. The Balaban J connectivity index is 1.21. The number of carbonyl (C=O) groups excluding carboxylic acids is 2. The molecule has 0 spiro atoms. The van der Waals surface area contributed by atoms with Crippen LogP contribution < -0.4 is 5.32 Å². The molecule has 0 unspecified atom stereocenters. The van der Waals surface area contributed by atoms with Gasteiger partial charge in [0, 0.05) is 19.0 Å². The summed E-state index contributed by atoms with van der Waals surface area (Å²) in [4.78, 5) is 32.2. The van der Waals surface area contributed by atoms with Crippen molar-refractivity contribution in [3.05, 3.63) is 11.8 Å². The normalized spacial score (nSPS) is 27.0. The Morgan fingerprint density at radius 3 is 2.76 bits per heavy atom. The number of nitrogens with zero attached hydrogens (tertiary/aromatic N) is 4. The number of hydrogen-bond acceptors (Lipinski definition) is 7. The minimum absolute atomic E-state index is 0.101. The molecule has 1 aliphatic carbocycles. The van der Waals surface area contributed by atoms with Gasteiger partial charge in [-0.2, -0.15) is 5.06 Å². The number of ether oxygens (including phenoxy) is 1. The third-order valence-electron chi connectivity index (χ3n) is 6.54. The van der Waals surface area contributed by atoms with Crippen molar-refractivity contribution in [3.8, 4) is 0 Å². The van der Waals surface area contributed by atoms with E-state index < -0.39 is 5.60 Å². The second-order valence-electron chi connectivity index (χ2n) is 10.4. The fourth-order valence-electron chi connectivity index (χ4n) is 4.76. The van der Waals surface area contributed by atoms with E-state index in [0.29, 0.717) is 37.3 Å². The van der Waals surface area contributed by atoms with Gasteiger partial charge in [-0.05, 0) is 65.2 Å². The van der Waals surface area contributed by atoms with Gasteiger partial charge < -0.3 is 19.4 Å². The molecule has 33 heavy (non-hydrogen) atoms. The van der Waals surface area contributed by atoms with E-state index in [-0.39, 0.29) is 30.2 Å². The molecule has 2 aliphatic heterocycles. The highest BCUT2D eigenvalue weighted by atomic mass is 16.7. The fourth-order valence-corrected chi connectivity index (χ4v) is 4.76.